The molecule has 5 heteroatoms. The van der Waals surface area contributed by atoms with Gasteiger partial charge >= 0.3 is 0 Å². The summed E-state index contributed by atoms with van der Waals surface area (Å²) in [7, 11) is 0. The molecular weight excluding hydrogens is 452 g/mol. The van der Waals surface area contributed by atoms with Crippen LogP contribution in [0.25, 0.3) is 6.08 Å². The molecule has 0 spiro atoms. The van der Waals surface area contributed by atoms with Gasteiger partial charge in [0.1, 0.15) is 5.75 Å². The molecule has 2 fully saturated rings. The van der Waals surface area contributed by atoms with E-state index in [-0.39, 0.29) is 22.8 Å². The maximum absolute atomic E-state index is 13.7. The number of aromatic hydroxyl groups is 1. The first-order chi connectivity index (χ1) is 16.4. The number of hydrogen-bond donors (Lipinski definition) is 1. The predicted octanol–water partition coefficient (Wildman–Crippen LogP) is 7.92. The molecule has 4 rings (SSSR count). The zero-order valence-corrected chi connectivity index (χ0v) is 22.7. The van der Waals surface area contributed by atoms with Gasteiger partial charge in [0.2, 0.25) is 0 Å². The number of phenolic OH excluding ortho intramolecular Hbond substituents is 1. The number of hydrogen-bond acceptors (Lipinski definition) is 4. The van der Waals surface area contributed by atoms with E-state index in [0.29, 0.717) is 10.7 Å². The lowest BCUT2D eigenvalue weighted by atomic mass is 9.78. The number of amidine groups is 1. The van der Waals surface area contributed by atoms with Crippen LogP contribution in [0.15, 0.2) is 52.4 Å². The third-order valence-electron chi connectivity index (χ3n) is 6.80. The molecule has 0 radical (unpaired) electrons. The van der Waals surface area contributed by atoms with E-state index in [1.54, 1.807) is 0 Å². The largest absolute Gasteiger partial charge is 0.507 e. The van der Waals surface area contributed by atoms with Crippen LogP contribution in [0.5, 0.6) is 5.75 Å². The standard InChI is InChI=1S/C30H38N2O2S/c1-29(2,3)23-17-20(18-24(26(23)33)30(4,5)6)19-25-27(34)32(22-15-11-8-12-16-22)28(35-25)31-21-13-9-7-10-14-21/h7,9-10,13-14,17-19,22,33H,8,11-12,15-16H2,1-6H3/b25-19-,31-28?. The fourth-order valence-corrected chi connectivity index (χ4v) is 5.93. The molecule has 2 aliphatic rings. The summed E-state index contributed by atoms with van der Waals surface area (Å²) in [6, 6.07) is 14.1. The summed E-state index contributed by atoms with van der Waals surface area (Å²) in [5.74, 6) is 0.395. The molecule has 1 saturated carbocycles. The van der Waals surface area contributed by atoms with Crippen LogP contribution >= 0.6 is 11.8 Å². The van der Waals surface area contributed by atoms with Crippen molar-refractivity contribution in [3.8, 4) is 5.75 Å². The predicted molar refractivity (Wildman–Crippen MR) is 148 cm³/mol. The number of amides is 1. The van der Waals surface area contributed by atoms with Gasteiger partial charge in [0.15, 0.2) is 5.17 Å². The lowest BCUT2D eigenvalue weighted by Gasteiger charge is -2.30. The highest BCUT2D eigenvalue weighted by molar-refractivity contribution is 8.18. The highest BCUT2D eigenvalue weighted by Gasteiger charge is 2.39. The lowest BCUT2D eigenvalue weighted by Crippen LogP contribution is -2.40. The number of carbonyl (C=O) groups excluding carboxylic acids is 1. The van der Waals surface area contributed by atoms with Crippen molar-refractivity contribution in [2.75, 3.05) is 0 Å². The fourth-order valence-electron chi connectivity index (χ4n) is 4.87. The first-order valence-corrected chi connectivity index (χ1v) is 13.5. The summed E-state index contributed by atoms with van der Waals surface area (Å²) >= 11 is 1.47. The van der Waals surface area contributed by atoms with Crippen LogP contribution in [0.1, 0.15) is 90.3 Å². The average molecular weight is 491 g/mol. The van der Waals surface area contributed by atoms with Crippen LogP contribution in [0, 0.1) is 0 Å². The molecule has 2 aromatic carbocycles. The Labute approximate surface area is 214 Å². The first kappa shape index (κ1) is 25.6. The number of aliphatic imine (C=N–C) groups is 1. The van der Waals surface area contributed by atoms with Crippen molar-refractivity contribution in [3.63, 3.8) is 0 Å². The Hall–Kier alpha value is -2.53. The topological polar surface area (TPSA) is 52.9 Å². The van der Waals surface area contributed by atoms with Crippen LogP contribution in [-0.4, -0.2) is 27.1 Å². The first-order valence-electron chi connectivity index (χ1n) is 12.7. The summed E-state index contributed by atoms with van der Waals surface area (Å²) in [5, 5.41) is 11.9. The van der Waals surface area contributed by atoms with Gasteiger partial charge in [0.05, 0.1) is 10.6 Å². The van der Waals surface area contributed by atoms with Crippen LogP contribution in [0.4, 0.5) is 5.69 Å². The molecule has 1 amide bonds. The summed E-state index contributed by atoms with van der Waals surface area (Å²) < 4.78 is 0. The van der Waals surface area contributed by atoms with E-state index in [9.17, 15) is 9.90 Å². The zero-order chi connectivity index (χ0) is 25.4. The average Bonchev–Trinajstić information content (AvgIpc) is 3.09. The highest BCUT2D eigenvalue weighted by Crippen LogP contribution is 2.42. The van der Waals surface area contributed by atoms with Gasteiger partial charge in [-0.2, -0.15) is 0 Å². The van der Waals surface area contributed by atoms with Crippen molar-refractivity contribution in [2.45, 2.75) is 90.5 Å². The maximum atomic E-state index is 13.7. The van der Waals surface area contributed by atoms with Crippen LogP contribution in [-0.2, 0) is 15.6 Å². The number of benzene rings is 2. The molecule has 1 N–H and O–H groups in total. The van der Waals surface area contributed by atoms with E-state index in [4.69, 9.17) is 4.99 Å². The number of carbonyl (C=O) groups is 1. The van der Waals surface area contributed by atoms with Crippen molar-refractivity contribution in [1.82, 2.24) is 4.90 Å². The molecule has 0 bridgehead atoms. The summed E-state index contributed by atoms with van der Waals surface area (Å²) in [6.45, 7) is 12.6. The molecule has 1 aliphatic carbocycles. The van der Waals surface area contributed by atoms with Crippen LogP contribution in [0.2, 0.25) is 0 Å². The third-order valence-corrected chi connectivity index (χ3v) is 7.79. The summed E-state index contributed by atoms with van der Waals surface area (Å²) in [4.78, 5) is 21.3. The monoisotopic (exact) mass is 490 g/mol. The van der Waals surface area contributed by atoms with Crippen LogP contribution in [0.3, 0.4) is 0 Å². The van der Waals surface area contributed by atoms with Gasteiger partial charge in [-0.15, -0.1) is 0 Å². The molecule has 0 unspecified atom stereocenters. The van der Waals surface area contributed by atoms with Crippen molar-refractivity contribution in [1.29, 1.82) is 0 Å². The minimum absolute atomic E-state index is 0.0410. The van der Waals surface area contributed by atoms with Gasteiger partial charge in [-0.1, -0.05) is 79.0 Å². The molecule has 0 aromatic heterocycles. The van der Waals surface area contributed by atoms with Crippen molar-refractivity contribution in [2.24, 2.45) is 4.99 Å². The second-order valence-electron chi connectivity index (χ2n) is 11.8. The Morgan fingerprint density at radius 2 is 1.51 bits per heavy atom. The van der Waals surface area contributed by atoms with Gasteiger partial charge < -0.3 is 5.11 Å². The third kappa shape index (κ3) is 5.66. The minimum Gasteiger partial charge on any atom is -0.507 e. The Morgan fingerprint density at radius 1 is 0.943 bits per heavy atom. The van der Waals surface area contributed by atoms with E-state index < -0.39 is 0 Å². The highest BCUT2D eigenvalue weighted by atomic mass is 32.2. The quantitative estimate of drug-likeness (QED) is 0.445. The van der Waals surface area contributed by atoms with E-state index >= 15 is 0 Å². The smallest absolute Gasteiger partial charge is 0.267 e. The van der Waals surface area contributed by atoms with E-state index in [0.717, 1.165) is 53.2 Å². The number of phenols is 1. The van der Waals surface area contributed by atoms with E-state index in [2.05, 4.69) is 41.5 Å². The molecule has 1 heterocycles. The van der Waals surface area contributed by atoms with Gasteiger partial charge in [-0.25, -0.2) is 4.99 Å². The van der Waals surface area contributed by atoms with Crippen molar-refractivity contribution < 1.29 is 9.90 Å². The normalized spacial score (nSPS) is 20.3. The number of rotatable bonds is 3. The molecule has 35 heavy (non-hydrogen) atoms. The van der Waals surface area contributed by atoms with E-state index in [1.165, 1.54) is 18.2 Å². The SMILES string of the molecule is CC(C)(C)c1cc(/C=C2\SC(=Nc3ccccc3)N(C3CCCCC3)C2=O)cc(C(C)(C)C)c1O. The fraction of sp³-hybridized carbons (Fsp3) is 0.467. The van der Waals surface area contributed by atoms with Crippen LogP contribution < -0.4 is 0 Å². The summed E-state index contributed by atoms with van der Waals surface area (Å²) in [6.07, 6.45) is 7.57. The summed E-state index contributed by atoms with van der Waals surface area (Å²) in [5.41, 5.74) is 3.15. The molecular formula is C30H38N2O2S. The number of thioether (sulfide) groups is 1. The lowest BCUT2D eigenvalue weighted by molar-refractivity contribution is -0.124. The molecule has 1 saturated heterocycles. The van der Waals surface area contributed by atoms with Crippen molar-refractivity contribution in [3.05, 3.63) is 64.1 Å². The Bertz CT molecular complexity index is 1110. The van der Waals surface area contributed by atoms with Gasteiger partial charge in [0, 0.05) is 17.2 Å². The zero-order valence-electron chi connectivity index (χ0n) is 21.9. The molecule has 1 aliphatic heterocycles. The second-order valence-corrected chi connectivity index (χ2v) is 12.8. The maximum Gasteiger partial charge on any atom is 0.267 e. The van der Waals surface area contributed by atoms with Gasteiger partial charge in [-0.05, 0) is 71.3 Å². The van der Waals surface area contributed by atoms with E-state index in [1.807, 2.05) is 53.4 Å². The Balaban J connectivity index is 1.79. The van der Waals surface area contributed by atoms with Crippen molar-refractivity contribution >= 4 is 34.6 Å². The number of nitrogens with zero attached hydrogens (tertiary/aromatic N) is 2. The Kier molecular flexibility index (Phi) is 7.19. The molecule has 4 nitrogen and oxygen atoms in total. The molecule has 186 valence electrons. The second kappa shape index (κ2) is 9.85. The molecule has 2 aromatic rings. The van der Waals surface area contributed by atoms with Gasteiger partial charge in [0.25, 0.3) is 5.91 Å². The number of para-hydroxylation sites is 1. The van der Waals surface area contributed by atoms with Gasteiger partial charge in [-0.3, -0.25) is 9.69 Å². The Morgan fingerprint density at radius 3 is 2.06 bits per heavy atom. The minimum atomic E-state index is -0.223. The molecule has 0 atom stereocenters.